The van der Waals surface area contributed by atoms with Gasteiger partial charge in [-0.3, -0.25) is 25.8 Å². The number of methoxy groups -OCH3 is 1. The molecule has 2 aromatic rings. The Morgan fingerprint density at radius 2 is 2.04 bits per heavy atom. The van der Waals surface area contributed by atoms with Crippen molar-refractivity contribution < 1.29 is 14.5 Å². The molecule has 1 aromatic carbocycles. The van der Waals surface area contributed by atoms with Gasteiger partial charge in [-0.15, -0.1) is 0 Å². The predicted octanol–water partition coefficient (Wildman–Crippen LogP) is 2.35. The molecule has 0 aliphatic rings. The lowest BCUT2D eigenvalue weighted by molar-refractivity contribution is -0.383. The summed E-state index contributed by atoms with van der Waals surface area (Å²) < 4.78 is 5.58. The molecule has 1 unspecified atom stereocenters. The van der Waals surface area contributed by atoms with Gasteiger partial charge in [0.2, 0.25) is 11.6 Å². The minimum atomic E-state index is -0.630. The fraction of sp³-hybridized carbons (Fsp3) is 0.267. The Kier molecular flexibility index (Phi) is 6.81. The Hall–Kier alpha value is -2.79. The number of hydrogen-bond acceptors (Lipinski definition) is 8. The Labute approximate surface area is 157 Å². The second-order valence-electron chi connectivity index (χ2n) is 5.24. The molecule has 0 fully saturated rings. The van der Waals surface area contributed by atoms with E-state index < -0.39 is 10.8 Å². The number of amides is 1. The summed E-state index contributed by atoms with van der Waals surface area (Å²) in [4.78, 5) is 30.8. The number of halogens is 1. The number of hydrogen-bond donors (Lipinski definition) is 3. The standard InChI is InChI=1S/C15H17BrN6O4/c1-9(7-26-2)19-13-12(22(24)25)14(18-8-17-13)20-21-15(23)10-5-3-4-6-11(10)16/h3-6,8-9H,7H2,1-2H3,(H,21,23)(H2,17,18,19,20). The first-order valence-electron chi connectivity index (χ1n) is 7.49. The minimum Gasteiger partial charge on any atom is -0.383 e. The normalized spacial score (nSPS) is 11.5. The van der Waals surface area contributed by atoms with Gasteiger partial charge in [0.25, 0.3) is 5.91 Å². The first kappa shape index (κ1) is 19.5. The van der Waals surface area contributed by atoms with Crippen molar-refractivity contribution in [2.24, 2.45) is 0 Å². The van der Waals surface area contributed by atoms with Gasteiger partial charge in [-0.25, -0.2) is 9.97 Å². The van der Waals surface area contributed by atoms with Crippen molar-refractivity contribution in [1.29, 1.82) is 0 Å². The second-order valence-corrected chi connectivity index (χ2v) is 6.09. The second kappa shape index (κ2) is 9.06. The molecule has 1 aromatic heterocycles. The fourth-order valence-corrected chi connectivity index (χ4v) is 2.57. The fourth-order valence-electron chi connectivity index (χ4n) is 2.10. The van der Waals surface area contributed by atoms with Gasteiger partial charge in [0.05, 0.1) is 17.1 Å². The van der Waals surface area contributed by atoms with Crippen molar-refractivity contribution >= 4 is 39.2 Å². The quantitative estimate of drug-likeness (QED) is 0.434. The summed E-state index contributed by atoms with van der Waals surface area (Å²) in [7, 11) is 1.52. The van der Waals surface area contributed by atoms with Crippen LogP contribution >= 0.6 is 15.9 Å². The van der Waals surface area contributed by atoms with E-state index in [4.69, 9.17) is 4.74 Å². The number of carbonyl (C=O) groups excluding carboxylic acids is 1. The first-order valence-corrected chi connectivity index (χ1v) is 8.29. The number of anilines is 2. The van der Waals surface area contributed by atoms with E-state index in [1.54, 1.807) is 31.2 Å². The van der Waals surface area contributed by atoms with Crippen LogP contribution in [0.5, 0.6) is 0 Å². The molecule has 0 aliphatic carbocycles. The lowest BCUT2D eigenvalue weighted by Gasteiger charge is -2.15. The summed E-state index contributed by atoms with van der Waals surface area (Å²) in [6.45, 7) is 2.12. The number of nitro groups is 1. The molecule has 2 rings (SSSR count). The van der Waals surface area contributed by atoms with Gasteiger partial charge < -0.3 is 10.1 Å². The number of benzene rings is 1. The van der Waals surface area contributed by atoms with E-state index in [2.05, 4.69) is 42.1 Å². The third kappa shape index (κ3) is 4.86. The van der Waals surface area contributed by atoms with Crippen LogP contribution in [0.1, 0.15) is 17.3 Å². The Morgan fingerprint density at radius 3 is 2.69 bits per heavy atom. The largest absolute Gasteiger partial charge is 0.383 e. The molecule has 138 valence electrons. The van der Waals surface area contributed by atoms with Crippen molar-refractivity contribution in [1.82, 2.24) is 15.4 Å². The zero-order valence-electron chi connectivity index (χ0n) is 14.0. The molecule has 1 amide bonds. The van der Waals surface area contributed by atoms with E-state index in [0.717, 1.165) is 6.33 Å². The van der Waals surface area contributed by atoms with Crippen molar-refractivity contribution in [3.05, 3.63) is 50.7 Å². The molecule has 1 heterocycles. The SMILES string of the molecule is COCC(C)Nc1ncnc(NNC(=O)c2ccccc2Br)c1[N+](=O)[O-]. The average molecular weight is 425 g/mol. The molecule has 1 atom stereocenters. The molecule has 10 nitrogen and oxygen atoms in total. The summed E-state index contributed by atoms with van der Waals surface area (Å²) in [6, 6.07) is 6.57. The molecule has 3 N–H and O–H groups in total. The Morgan fingerprint density at radius 1 is 1.35 bits per heavy atom. The average Bonchev–Trinajstić information content (AvgIpc) is 2.60. The molecule has 0 spiro atoms. The van der Waals surface area contributed by atoms with Gasteiger partial charge >= 0.3 is 5.69 Å². The highest BCUT2D eigenvalue weighted by molar-refractivity contribution is 9.10. The number of ether oxygens (including phenoxy) is 1. The summed E-state index contributed by atoms with van der Waals surface area (Å²) in [5.74, 6) is -0.600. The zero-order valence-corrected chi connectivity index (χ0v) is 15.6. The zero-order chi connectivity index (χ0) is 19.1. The highest BCUT2D eigenvalue weighted by Gasteiger charge is 2.24. The summed E-state index contributed by atoms with van der Waals surface area (Å²) in [5, 5.41) is 14.3. The van der Waals surface area contributed by atoms with E-state index in [1.165, 1.54) is 7.11 Å². The molecular formula is C15H17BrN6O4. The van der Waals surface area contributed by atoms with Crippen molar-refractivity contribution in [3.8, 4) is 0 Å². The van der Waals surface area contributed by atoms with Gasteiger partial charge in [-0.05, 0) is 35.0 Å². The van der Waals surface area contributed by atoms with Crippen LogP contribution in [-0.2, 0) is 4.74 Å². The molecular weight excluding hydrogens is 408 g/mol. The molecule has 0 aliphatic heterocycles. The van der Waals surface area contributed by atoms with Crippen molar-refractivity contribution in [3.63, 3.8) is 0 Å². The maximum Gasteiger partial charge on any atom is 0.354 e. The number of nitrogens with zero attached hydrogens (tertiary/aromatic N) is 3. The van der Waals surface area contributed by atoms with Crippen LogP contribution in [-0.4, -0.2) is 40.6 Å². The maximum atomic E-state index is 12.2. The van der Waals surface area contributed by atoms with Crippen LogP contribution in [0.3, 0.4) is 0 Å². The van der Waals surface area contributed by atoms with E-state index in [1.807, 2.05) is 0 Å². The number of hydrazine groups is 1. The Bertz CT molecular complexity index is 803. The first-order chi connectivity index (χ1) is 12.4. The molecule has 11 heteroatoms. The van der Waals surface area contributed by atoms with Crippen LogP contribution in [0.4, 0.5) is 17.3 Å². The summed E-state index contributed by atoms with van der Waals surface area (Å²) in [5.41, 5.74) is 4.85. The highest BCUT2D eigenvalue weighted by Crippen LogP contribution is 2.28. The molecule has 0 radical (unpaired) electrons. The van der Waals surface area contributed by atoms with Crippen LogP contribution in [0.2, 0.25) is 0 Å². The Balaban J connectivity index is 2.19. The molecule has 0 bridgehead atoms. The van der Waals surface area contributed by atoms with Gasteiger partial charge in [0, 0.05) is 17.6 Å². The van der Waals surface area contributed by atoms with Crippen LogP contribution in [0, 0.1) is 10.1 Å². The molecule has 0 saturated carbocycles. The van der Waals surface area contributed by atoms with E-state index >= 15 is 0 Å². The van der Waals surface area contributed by atoms with E-state index in [0.29, 0.717) is 16.6 Å². The topological polar surface area (TPSA) is 131 Å². The van der Waals surface area contributed by atoms with E-state index in [-0.39, 0.29) is 23.4 Å². The van der Waals surface area contributed by atoms with Gasteiger partial charge in [0.1, 0.15) is 6.33 Å². The maximum absolute atomic E-state index is 12.2. The van der Waals surface area contributed by atoms with Crippen molar-refractivity contribution in [2.75, 3.05) is 24.5 Å². The lowest BCUT2D eigenvalue weighted by Crippen LogP contribution is -2.31. The lowest BCUT2D eigenvalue weighted by atomic mass is 10.2. The van der Waals surface area contributed by atoms with Crippen LogP contribution in [0.15, 0.2) is 35.1 Å². The monoisotopic (exact) mass is 424 g/mol. The molecule has 26 heavy (non-hydrogen) atoms. The highest BCUT2D eigenvalue weighted by atomic mass is 79.9. The van der Waals surface area contributed by atoms with Crippen molar-refractivity contribution in [2.45, 2.75) is 13.0 Å². The summed E-state index contributed by atoms with van der Waals surface area (Å²) in [6.07, 6.45) is 1.15. The molecule has 0 saturated heterocycles. The third-order valence-corrected chi connectivity index (χ3v) is 3.91. The smallest absolute Gasteiger partial charge is 0.354 e. The predicted molar refractivity (Wildman–Crippen MR) is 98.9 cm³/mol. The number of rotatable bonds is 8. The third-order valence-electron chi connectivity index (χ3n) is 3.22. The number of nitrogens with one attached hydrogen (secondary N) is 3. The van der Waals surface area contributed by atoms with Gasteiger partial charge in [-0.2, -0.15) is 0 Å². The van der Waals surface area contributed by atoms with Gasteiger partial charge in [-0.1, -0.05) is 12.1 Å². The van der Waals surface area contributed by atoms with Crippen LogP contribution in [0.25, 0.3) is 0 Å². The summed E-state index contributed by atoms with van der Waals surface area (Å²) >= 11 is 3.27. The van der Waals surface area contributed by atoms with E-state index in [9.17, 15) is 14.9 Å². The number of carbonyl (C=O) groups is 1. The van der Waals surface area contributed by atoms with Gasteiger partial charge in [0.15, 0.2) is 0 Å². The number of aromatic nitrogens is 2. The minimum absolute atomic E-state index is 0.0205. The van der Waals surface area contributed by atoms with Crippen LogP contribution < -0.4 is 16.2 Å².